The van der Waals surface area contributed by atoms with Gasteiger partial charge in [0.1, 0.15) is 5.82 Å². The van der Waals surface area contributed by atoms with Crippen LogP contribution in [0.2, 0.25) is 0 Å². The number of anilines is 1. The monoisotopic (exact) mass is 385 g/mol. The quantitative estimate of drug-likeness (QED) is 0.609. The van der Waals surface area contributed by atoms with Gasteiger partial charge in [0.25, 0.3) is 5.91 Å². The van der Waals surface area contributed by atoms with Crippen molar-refractivity contribution in [1.82, 2.24) is 9.71 Å². The molecule has 0 saturated carbocycles. The van der Waals surface area contributed by atoms with Crippen molar-refractivity contribution in [3.63, 3.8) is 0 Å². The van der Waals surface area contributed by atoms with Crippen LogP contribution in [-0.2, 0) is 14.8 Å². The maximum absolute atomic E-state index is 12.4. The minimum absolute atomic E-state index is 0.0824. The lowest BCUT2D eigenvalue weighted by Crippen LogP contribution is -2.27. The van der Waals surface area contributed by atoms with E-state index >= 15 is 0 Å². The minimum Gasteiger partial charge on any atom is -0.383 e. The molecular formula is C19H19N3O4S. The van der Waals surface area contributed by atoms with Crippen LogP contribution in [0.1, 0.15) is 10.4 Å². The summed E-state index contributed by atoms with van der Waals surface area (Å²) in [4.78, 5) is 16.9. The van der Waals surface area contributed by atoms with Crippen molar-refractivity contribution in [2.75, 3.05) is 25.6 Å². The van der Waals surface area contributed by atoms with E-state index < -0.39 is 10.0 Å². The highest BCUT2D eigenvalue weighted by Gasteiger charge is 2.14. The number of ether oxygens (including phenoxy) is 1. The van der Waals surface area contributed by atoms with Crippen molar-refractivity contribution in [2.24, 2.45) is 0 Å². The molecule has 0 radical (unpaired) electrons. The number of nitrogens with one attached hydrogen (secondary N) is 2. The number of carbonyl (C=O) groups excluding carboxylic acids is 1. The summed E-state index contributed by atoms with van der Waals surface area (Å²) in [6, 6.07) is 16.9. The molecule has 0 aliphatic carbocycles. The van der Waals surface area contributed by atoms with E-state index in [4.69, 9.17) is 4.74 Å². The SMILES string of the molecule is COCCNS(=O)(=O)c1ccc(C(=O)Nc2ccc3ccccc3n2)cc1. The van der Waals surface area contributed by atoms with Crippen molar-refractivity contribution >= 4 is 32.7 Å². The Morgan fingerprint density at radius 1 is 1.04 bits per heavy atom. The molecule has 0 saturated heterocycles. The smallest absolute Gasteiger partial charge is 0.256 e. The van der Waals surface area contributed by atoms with Gasteiger partial charge in [0.2, 0.25) is 10.0 Å². The Balaban J connectivity index is 1.71. The molecule has 3 rings (SSSR count). The van der Waals surface area contributed by atoms with Gasteiger partial charge in [0, 0.05) is 24.6 Å². The van der Waals surface area contributed by atoms with Crippen molar-refractivity contribution in [3.8, 4) is 0 Å². The number of hydrogen-bond acceptors (Lipinski definition) is 5. The topological polar surface area (TPSA) is 97.4 Å². The van der Waals surface area contributed by atoms with Gasteiger partial charge >= 0.3 is 0 Å². The van der Waals surface area contributed by atoms with Gasteiger partial charge in [-0.3, -0.25) is 4.79 Å². The fourth-order valence-corrected chi connectivity index (χ4v) is 3.48. The van der Waals surface area contributed by atoms with E-state index in [-0.39, 0.29) is 24.0 Å². The Bertz CT molecular complexity index is 1050. The number of aromatic nitrogens is 1. The number of amides is 1. The number of para-hydroxylation sites is 1. The van der Waals surface area contributed by atoms with E-state index in [0.717, 1.165) is 10.9 Å². The van der Waals surface area contributed by atoms with Gasteiger partial charge in [-0.15, -0.1) is 0 Å². The Morgan fingerprint density at radius 3 is 2.52 bits per heavy atom. The zero-order chi connectivity index (χ0) is 19.3. The molecule has 0 atom stereocenters. The van der Waals surface area contributed by atoms with E-state index in [2.05, 4.69) is 15.0 Å². The van der Waals surface area contributed by atoms with Crippen molar-refractivity contribution < 1.29 is 17.9 Å². The molecule has 1 amide bonds. The molecule has 1 aromatic heterocycles. The molecule has 2 N–H and O–H groups in total. The van der Waals surface area contributed by atoms with E-state index in [0.29, 0.717) is 11.4 Å². The molecule has 0 bridgehead atoms. The molecule has 0 aliphatic rings. The van der Waals surface area contributed by atoms with Gasteiger partial charge in [0.15, 0.2) is 0 Å². The van der Waals surface area contributed by atoms with Crippen LogP contribution >= 0.6 is 0 Å². The molecule has 2 aromatic carbocycles. The number of fused-ring (bicyclic) bond motifs is 1. The predicted octanol–water partition coefficient (Wildman–Crippen LogP) is 2.41. The van der Waals surface area contributed by atoms with Gasteiger partial charge in [-0.2, -0.15) is 0 Å². The largest absolute Gasteiger partial charge is 0.383 e. The van der Waals surface area contributed by atoms with Gasteiger partial charge in [-0.1, -0.05) is 18.2 Å². The number of methoxy groups -OCH3 is 1. The molecule has 7 nitrogen and oxygen atoms in total. The summed E-state index contributed by atoms with van der Waals surface area (Å²) in [6.07, 6.45) is 0. The Morgan fingerprint density at radius 2 is 1.78 bits per heavy atom. The van der Waals surface area contributed by atoms with Crippen LogP contribution in [-0.4, -0.2) is 39.6 Å². The van der Waals surface area contributed by atoms with Crippen LogP contribution in [0.3, 0.4) is 0 Å². The zero-order valence-corrected chi connectivity index (χ0v) is 15.5. The van der Waals surface area contributed by atoms with Crippen molar-refractivity contribution in [2.45, 2.75) is 4.90 Å². The van der Waals surface area contributed by atoms with Crippen LogP contribution in [0.4, 0.5) is 5.82 Å². The average Bonchev–Trinajstić information content (AvgIpc) is 2.68. The number of pyridine rings is 1. The first-order valence-corrected chi connectivity index (χ1v) is 9.74. The molecule has 0 unspecified atom stereocenters. The summed E-state index contributed by atoms with van der Waals surface area (Å²) in [5, 5.41) is 3.70. The number of carbonyl (C=O) groups is 1. The number of sulfonamides is 1. The molecule has 0 spiro atoms. The van der Waals surface area contributed by atoms with Gasteiger partial charge in [-0.25, -0.2) is 18.1 Å². The van der Waals surface area contributed by atoms with E-state index in [9.17, 15) is 13.2 Å². The molecule has 27 heavy (non-hydrogen) atoms. The number of nitrogens with zero attached hydrogens (tertiary/aromatic N) is 1. The Hall–Kier alpha value is -2.81. The fourth-order valence-electron chi connectivity index (χ4n) is 2.47. The highest BCUT2D eigenvalue weighted by molar-refractivity contribution is 7.89. The summed E-state index contributed by atoms with van der Waals surface area (Å²) >= 11 is 0. The summed E-state index contributed by atoms with van der Waals surface area (Å²) in [5.74, 6) is 0.0608. The van der Waals surface area contributed by atoms with E-state index in [1.807, 2.05) is 30.3 Å². The van der Waals surface area contributed by atoms with Crippen molar-refractivity contribution in [3.05, 3.63) is 66.2 Å². The zero-order valence-electron chi connectivity index (χ0n) is 14.7. The Kier molecular flexibility index (Phi) is 5.80. The molecular weight excluding hydrogens is 366 g/mol. The second kappa shape index (κ2) is 8.26. The van der Waals surface area contributed by atoms with Gasteiger partial charge in [0.05, 0.1) is 17.0 Å². The minimum atomic E-state index is -3.63. The summed E-state index contributed by atoms with van der Waals surface area (Å²) < 4.78 is 31.5. The average molecular weight is 385 g/mol. The maximum Gasteiger partial charge on any atom is 0.256 e. The molecule has 1 heterocycles. The van der Waals surface area contributed by atoms with Crippen LogP contribution in [0.25, 0.3) is 10.9 Å². The van der Waals surface area contributed by atoms with Crippen LogP contribution in [0.15, 0.2) is 65.6 Å². The first-order chi connectivity index (χ1) is 13.0. The number of benzene rings is 2. The van der Waals surface area contributed by atoms with Crippen LogP contribution < -0.4 is 10.0 Å². The molecule has 0 fully saturated rings. The van der Waals surface area contributed by atoms with E-state index in [1.165, 1.54) is 31.4 Å². The lowest BCUT2D eigenvalue weighted by molar-refractivity contribution is 0.102. The number of hydrogen-bond donors (Lipinski definition) is 2. The first-order valence-electron chi connectivity index (χ1n) is 8.25. The third kappa shape index (κ3) is 4.68. The summed E-state index contributed by atoms with van der Waals surface area (Å²) in [5.41, 5.74) is 1.11. The molecule has 3 aromatic rings. The first kappa shape index (κ1) is 19.0. The Labute approximate surface area is 157 Å². The van der Waals surface area contributed by atoms with Gasteiger partial charge in [-0.05, 0) is 42.5 Å². The summed E-state index contributed by atoms with van der Waals surface area (Å²) in [6.45, 7) is 0.452. The lowest BCUT2D eigenvalue weighted by atomic mass is 10.2. The predicted molar refractivity (Wildman–Crippen MR) is 103 cm³/mol. The second-order valence-electron chi connectivity index (χ2n) is 5.76. The highest BCUT2D eigenvalue weighted by atomic mass is 32.2. The highest BCUT2D eigenvalue weighted by Crippen LogP contribution is 2.16. The van der Waals surface area contributed by atoms with E-state index in [1.54, 1.807) is 6.07 Å². The normalized spacial score (nSPS) is 11.4. The lowest BCUT2D eigenvalue weighted by Gasteiger charge is -2.08. The summed E-state index contributed by atoms with van der Waals surface area (Å²) in [7, 11) is -2.14. The fraction of sp³-hybridized carbons (Fsp3) is 0.158. The van der Waals surface area contributed by atoms with Crippen LogP contribution in [0.5, 0.6) is 0 Å². The molecule has 140 valence electrons. The second-order valence-corrected chi connectivity index (χ2v) is 7.53. The van der Waals surface area contributed by atoms with Gasteiger partial charge < -0.3 is 10.1 Å². The van der Waals surface area contributed by atoms with Crippen molar-refractivity contribution in [1.29, 1.82) is 0 Å². The number of rotatable bonds is 7. The third-order valence-electron chi connectivity index (χ3n) is 3.87. The third-order valence-corrected chi connectivity index (χ3v) is 5.34. The standard InChI is InChI=1S/C19H19N3O4S/c1-26-13-12-20-27(24,25)16-9-6-15(7-10-16)19(23)22-18-11-8-14-4-2-3-5-17(14)21-18/h2-11,20H,12-13H2,1H3,(H,21,22,23). The maximum atomic E-state index is 12.4. The molecule has 8 heteroatoms. The van der Waals surface area contributed by atoms with Crippen LogP contribution in [0, 0.1) is 0 Å². The molecule has 0 aliphatic heterocycles.